The number of aryl methyl sites for hydroxylation is 3. The Morgan fingerprint density at radius 1 is 0.750 bits per heavy atom. The van der Waals surface area contributed by atoms with Crippen molar-refractivity contribution in [3.05, 3.63) is 114 Å². The van der Waals surface area contributed by atoms with Crippen molar-refractivity contribution in [2.24, 2.45) is 0 Å². The second kappa shape index (κ2) is 12.3. The van der Waals surface area contributed by atoms with Crippen LogP contribution in [0.4, 0.5) is 0 Å². The van der Waals surface area contributed by atoms with Gasteiger partial charge in [0.25, 0.3) is 0 Å². The van der Waals surface area contributed by atoms with E-state index in [1.54, 1.807) is 42.5 Å². The van der Waals surface area contributed by atoms with Crippen LogP contribution < -0.4 is 14.7 Å². The summed E-state index contributed by atoms with van der Waals surface area (Å²) in [6.07, 6.45) is 3.00. The van der Waals surface area contributed by atoms with Gasteiger partial charge < -0.3 is 19.4 Å². The summed E-state index contributed by atoms with van der Waals surface area (Å²) in [4.78, 5) is 8.65. The first-order chi connectivity index (χ1) is 22.3. The van der Waals surface area contributed by atoms with E-state index in [0.29, 0.717) is 34.1 Å². The Hall–Kier alpha value is -3.57. The van der Waals surface area contributed by atoms with E-state index in [2.05, 4.69) is 47.8 Å². The fourth-order valence-corrected chi connectivity index (χ4v) is 4.89. The SMILES string of the molecule is [2H]C([2H])([2H])c1c[c-]c(-c2ccc([Si](C)(C)C)cn2)cc1.[2H]C([2H])([2H])c1cnc(-c2[c-]ccc3c2Oc2ccccc2O3)cc1C([2H])([2H])[2H].[Ir]. The molecule has 0 N–H and O–H groups in total. The molecule has 0 aliphatic carbocycles. The van der Waals surface area contributed by atoms with Crippen LogP contribution in [0.2, 0.25) is 19.6 Å². The third-order valence-corrected chi connectivity index (χ3v) is 8.10. The van der Waals surface area contributed by atoms with Crippen molar-refractivity contribution in [2.75, 3.05) is 0 Å². The summed E-state index contributed by atoms with van der Waals surface area (Å²) < 4.78 is 79.8. The molecular weight excluding hydrogens is 689 g/mol. The minimum absolute atomic E-state index is 0. The number of hydrogen-bond donors (Lipinski definition) is 0. The van der Waals surface area contributed by atoms with Gasteiger partial charge in [0.05, 0.1) is 19.6 Å². The van der Waals surface area contributed by atoms with Gasteiger partial charge in [0.15, 0.2) is 11.5 Å². The molecular formula is C34H32IrN2O2Si-2. The van der Waals surface area contributed by atoms with E-state index < -0.39 is 28.6 Å². The first-order valence-electron chi connectivity index (χ1n) is 16.8. The molecule has 0 amide bonds. The molecule has 1 aliphatic rings. The van der Waals surface area contributed by atoms with Crippen LogP contribution in [0.5, 0.6) is 23.0 Å². The Morgan fingerprint density at radius 3 is 2.17 bits per heavy atom. The van der Waals surface area contributed by atoms with E-state index in [4.69, 9.17) is 21.8 Å². The van der Waals surface area contributed by atoms with Crippen molar-refractivity contribution in [3.63, 3.8) is 0 Å². The Balaban J connectivity index is 0.000000229. The molecule has 0 fully saturated rings. The van der Waals surface area contributed by atoms with E-state index >= 15 is 0 Å². The number of aromatic nitrogens is 2. The number of hydrogen-bond acceptors (Lipinski definition) is 4. The standard InChI is InChI=1S/C19H14NO2.C15H18NSi.Ir/c1-12-10-15(20-11-13(12)2)14-6-5-9-18-19(14)22-17-8-4-3-7-16(17)21-18;1-12-5-7-13(8-6-12)15-10-9-14(11-16-15)17(2,3)4;/h3-5,7-11H,1-2H3;5-7,9-11H,1-4H3;/q2*-1;/i1D3,2D3;1D3;. The Morgan fingerprint density at radius 2 is 1.52 bits per heavy atom. The molecule has 5 aromatic rings. The van der Waals surface area contributed by atoms with Gasteiger partial charge in [-0.2, -0.15) is 0 Å². The van der Waals surface area contributed by atoms with Gasteiger partial charge in [-0.15, -0.1) is 47.5 Å². The molecule has 1 radical (unpaired) electrons. The number of pyridine rings is 2. The summed E-state index contributed by atoms with van der Waals surface area (Å²) in [5.41, 5.74) is 1.99. The number of fused-ring (bicyclic) bond motifs is 2. The Bertz CT molecular complexity index is 1870. The normalized spacial score (nSPS) is 15.7. The zero-order chi connectivity index (χ0) is 35.1. The fraction of sp³-hybridized carbons (Fsp3) is 0.176. The molecule has 2 aromatic heterocycles. The molecule has 6 rings (SSSR count). The average molecular weight is 730 g/mol. The number of para-hydroxylation sites is 2. The molecule has 0 bridgehead atoms. The minimum Gasteiger partial charge on any atom is -0.494 e. The van der Waals surface area contributed by atoms with Crippen LogP contribution in [0.1, 0.15) is 29.0 Å². The van der Waals surface area contributed by atoms with Crippen molar-refractivity contribution >= 4 is 13.3 Å². The number of rotatable bonds is 3. The summed E-state index contributed by atoms with van der Waals surface area (Å²) in [7, 11) is -1.34. The first-order valence-corrected chi connectivity index (χ1v) is 15.8. The van der Waals surface area contributed by atoms with Crippen molar-refractivity contribution in [3.8, 4) is 45.5 Å². The second-order valence-corrected chi connectivity index (χ2v) is 15.1. The number of benzene rings is 3. The first kappa shape index (κ1) is 19.5. The largest absolute Gasteiger partial charge is 0.494 e. The predicted molar refractivity (Wildman–Crippen MR) is 161 cm³/mol. The van der Waals surface area contributed by atoms with Crippen molar-refractivity contribution in [1.29, 1.82) is 0 Å². The second-order valence-electron chi connectivity index (χ2n) is 9.99. The smallest absolute Gasteiger partial charge is 0.166 e. The molecule has 0 spiro atoms. The average Bonchev–Trinajstić information content (AvgIpc) is 3.02. The molecule has 6 heteroatoms. The van der Waals surface area contributed by atoms with Gasteiger partial charge in [-0.05, 0) is 48.0 Å². The number of ether oxygens (including phenoxy) is 2. The topological polar surface area (TPSA) is 44.2 Å². The van der Waals surface area contributed by atoms with E-state index in [-0.39, 0.29) is 36.9 Å². The minimum atomic E-state index is -2.61. The van der Waals surface area contributed by atoms with Gasteiger partial charge in [0, 0.05) is 44.8 Å². The third-order valence-electron chi connectivity index (χ3n) is 6.07. The van der Waals surface area contributed by atoms with E-state index in [1.807, 2.05) is 18.3 Å². The van der Waals surface area contributed by atoms with Crippen LogP contribution in [-0.2, 0) is 20.1 Å². The number of nitrogens with zero attached hydrogens (tertiary/aromatic N) is 2. The molecule has 3 heterocycles. The van der Waals surface area contributed by atoms with E-state index in [0.717, 1.165) is 17.5 Å². The quantitative estimate of drug-likeness (QED) is 0.136. The summed E-state index contributed by atoms with van der Waals surface area (Å²) in [5.74, 6) is 1.84. The van der Waals surface area contributed by atoms with E-state index in [9.17, 15) is 0 Å². The Kier molecular flexibility index (Phi) is 5.99. The molecule has 4 nitrogen and oxygen atoms in total. The van der Waals surface area contributed by atoms with Crippen LogP contribution in [0.15, 0.2) is 85.2 Å². The summed E-state index contributed by atoms with van der Waals surface area (Å²) >= 11 is 0. The molecule has 205 valence electrons. The van der Waals surface area contributed by atoms with Crippen LogP contribution in [0.25, 0.3) is 22.5 Å². The maximum absolute atomic E-state index is 7.73. The van der Waals surface area contributed by atoms with Crippen LogP contribution in [0.3, 0.4) is 0 Å². The molecule has 0 unspecified atom stereocenters. The molecule has 1 aliphatic heterocycles. The molecule has 0 saturated carbocycles. The third kappa shape index (κ3) is 6.59. The van der Waals surface area contributed by atoms with Gasteiger partial charge >= 0.3 is 0 Å². The van der Waals surface area contributed by atoms with Gasteiger partial charge in [0.2, 0.25) is 0 Å². The van der Waals surface area contributed by atoms with Crippen molar-refractivity contribution < 1.29 is 41.9 Å². The van der Waals surface area contributed by atoms with Crippen LogP contribution in [0, 0.1) is 32.7 Å². The van der Waals surface area contributed by atoms with Gasteiger partial charge in [-0.25, -0.2) is 0 Å². The monoisotopic (exact) mass is 730 g/mol. The summed E-state index contributed by atoms with van der Waals surface area (Å²) in [6.45, 7) is -0.444. The zero-order valence-corrected chi connectivity index (χ0v) is 25.5. The van der Waals surface area contributed by atoms with Gasteiger partial charge in [-0.1, -0.05) is 74.0 Å². The summed E-state index contributed by atoms with van der Waals surface area (Å²) in [6, 6.07) is 26.7. The fourth-order valence-electron chi connectivity index (χ4n) is 3.86. The molecule has 40 heavy (non-hydrogen) atoms. The van der Waals surface area contributed by atoms with Crippen molar-refractivity contribution in [1.82, 2.24) is 9.97 Å². The van der Waals surface area contributed by atoms with Crippen LogP contribution >= 0.6 is 0 Å². The molecule has 0 atom stereocenters. The Labute approximate surface area is 264 Å². The predicted octanol–water partition coefficient (Wildman–Crippen LogP) is 8.46. The van der Waals surface area contributed by atoms with Crippen molar-refractivity contribution in [2.45, 2.75) is 40.2 Å². The van der Waals surface area contributed by atoms with Crippen LogP contribution in [-0.4, -0.2) is 18.0 Å². The maximum atomic E-state index is 7.73. The zero-order valence-electron chi connectivity index (χ0n) is 31.1. The maximum Gasteiger partial charge on any atom is 0.166 e. The summed E-state index contributed by atoms with van der Waals surface area (Å²) in [5, 5.41) is 1.31. The molecule has 0 saturated heterocycles. The van der Waals surface area contributed by atoms with Gasteiger partial charge in [0.1, 0.15) is 0 Å². The molecule has 3 aromatic carbocycles. The van der Waals surface area contributed by atoms with Gasteiger partial charge in [-0.3, -0.25) is 0 Å². The van der Waals surface area contributed by atoms with E-state index in [1.165, 1.54) is 17.3 Å².